The van der Waals surface area contributed by atoms with E-state index >= 15 is 0 Å². The molecule has 5 heteroatoms. The summed E-state index contributed by atoms with van der Waals surface area (Å²) in [5.41, 5.74) is 0. The van der Waals surface area contributed by atoms with Crippen LogP contribution in [0.25, 0.3) is 0 Å². The SMILES string of the molecule is OC1CCCC1CNc1nccnc1Cl. The van der Waals surface area contributed by atoms with Crippen LogP contribution in [0, 0.1) is 5.92 Å². The number of aromatic nitrogens is 2. The van der Waals surface area contributed by atoms with Crippen LogP contribution in [0.3, 0.4) is 0 Å². The van der Waals surface area contributed by atoms with Crippen molar-refractivity contribution < 1.29 is 5.11 Å². The van der Waals surface area contributed by atoms with Crippen LogP contribution in [0.1, 0.15) is 19.3 Å². The summed E-state index contributed by atoms with van der Waals surface area (Å²) in [5.74, 6) is 0.904. The van der Waals surface area contributed by atoms with Gasteiger partial charge in [0.15, 0.2) is 11.0 Å². The lowest BCUT2D eigenvalue weighted by Crippen LogP contribution is -2.22. The van der Waals surface area contributed by atoms with Crippen LogP contribution in [0.15, 0.2) is 12.4 Å². The molecule has 1 saturated carbocycles. The number of aliphatic hydroxyl groups excluding tert-OH is 1. The fourth-order valence-electron chi connectivity index (χ4n) is 1.92. The van der Waals surface area contributed by atoms with Crippen LogP contribution in [0.2, 0.25) is 5.15 Å². The Bertz CT molecular complexity index is 334. The second kappa shape index (κ2) is 4.77. The summed E-state index contributed by atoms with van der Waals surface area (Å²) in [6.45, 7) is 0.708. The Hall–Kier alpha value is -0.870. The maximum absolute atomic E-state index is 9.63. The molecular formula is C10H14ClN3O. The number of rotatable bonds is 3. The lowest BCUT2D eigenvalue weighted by Gasteiger charge is -2.15. The molecule has 0 spiro atoms. The minimum atomic E-state index is -0.187. The second-order valence-electron chi connectivity index (χ2n) is 3.83. The highest BCUT2D eigenvalue weighted by Crippen LogP contribution is 2.26. The molecule has 1 aromatic rings. The zero-order chi connectivity index (χ0) is 10.7. The molecule has 0 radical (unpaired) electrons. The molecule has 15 heavy (non-hydrogen) atoms. The fraction of sp³-hybridized carbons (Fsp3) is 0.600. The van der Waals surface area contributed by atoms with Gasteiger partial charge in [-0.15, -0.1) is 0 Å². The average molecular weight is 228 g/mol. The van der Waals surface area contributed by atoms with E-state index in [2.05, 4.69) is 15.3 Å². The summed E-state index contributed by atoms with van der Waals surface area (Å²) in [6.07, 6.45) is 6.03. The minimum Gasteiger partial charge on any atom is -0.393 e. The van der Waals surface area contributed by atoms with Crippen molar-refractivity contribution in [3.05, 3.63) is 17.5 Å². The summed E-state index contributed by atoms with van der Waals surface area (Å²) in [4.78, 5) is 8.00. The number of nitrogens with zero attached hydrogens (tertiary/aromatic N) is 2. The summed E-state index contributed by atoms with van der Waals surface area (Å²) in [5, 5.41) is 13.1. The molecule has 1 aromatic heterocycles. The van der Waals surface area contributed by atoms with Crippen molar-refractivity contribution in [3.8, 4) is 0 Å². The molecule has 1 heterocycles. The van der Waals surface area contributed by atoms with Gasteiger partial charge in [0.25, 0.3) is 0 Å². The first-order valence-electron chi connectivity index (χ1n) is 5.16. The molecule has 1 fully saturated rings. The maximum Gasteiger partial charge on any atom is 0.171 e. The molecule has 2 atom stereocenters. The van der Waals surface area contributed by atoms with Gasteiger partial charge in [0.2, 0.25) is 0 Å². The molecular weight excluding hydrogens is 214 g/mol. The van der Waals surface area contributed by atoms with E-state index in [4.69, 9.17) is 11.6 Å². The molecule has 0 amide bonds. The Kier molecular flexibility index (Phi) is 3.38. The van der Waals surface area contributed by atoms with E-state index in [-0.39, 0.29) is 6.10 Å². The number of anilines is 1. The van der Waals surface area contributed by atoms with E-state index in [1.54, 1.807) is 12.4 Å². The summed E-state index contributed by atoms with van der Waals surface area (Å²) >= 11 is 5.85. The lowest BCUT2D eigenvalue weighted by molar-refractivity contribution is 0.138. The van der Waals surface area contributed by atoms with Crippen molar-refractivity contribution in [1.82, 2.24) is 9.97 Å². The quantitative estimate of drug-likeness (QED) is 0.826. The molecule has 1 aliphatic carbocycles. The van der Waals surface area contributed by atoms with Crippen LogP contribution in [0.5, 0.6) is 0 Å². The molecule has 2 rings (SSSR count). The third kappa shape index (κ3) is 2.58. The van der Waals surface area contributed by atoms with Gasteiger partial charge in [-0.1, -0.05) is 18.0 Å². The van der Waals surface area contributed by atoms with E-state index in [9.17, 15) is 5.11 Å². The zero-order valence-electron chi connectivity index (χ0n) is 8.36. The monoisotopic (exact) mass is 227 g/mol. The highest BCUT2D eigenvalue weighted by atomic mass is 35.5. The standard InChI is InChI=1S/C10H14ClN3O/c11-9-10(13-5-4-12-9)14-6-7-2-1-3-8(7)15/h4-5,7-8,15H,1-3,6H2,(H,13,14). The summed E-state index contributed by atoms with van der Waals surface area (Å²) in [6, 6.07) is 0. The van der Waals surface area contributed by atoms with Crippen molar-refractivity contribution >= 4 is 17.4 Å². The Labute approximate surface area is 93.7 Å². The molecule has 0 saturated heterocycles. The highest BCUT2D eigenvalue weighted by molar-refractivity contribution is 6.31. The van der Waals surface area contributed by atoms with E-state index in [0.717, 1.165) is 19.3 Å². The molecule has 1 aliphatic rings. The number of hydrogen-bond acceptors (Lipinski definition) is 4. The topological polar surface area (TPSA) is 58.0 Å². The number of halogens is 1. The predicted octanol–water partition coefficient (Wildman–Crippen LogP) is 1.70. The van der Waals surface area contributed by atoms with Crippen LogP contribution in [-0.4, -0.2) is 27.7 Å². The van der Waals surface area contributed by atoms with Gasteiger partial charge in [-0.3, -0.25) is 0 Å². The van der Waals surface area contributed by atoms with Crippen molar-refractivity contribution in [2.45, 2.75) is 25.4 Å². The van der Waals surface area contributed by atoms with Crippen LogP contribution < -0.4 is 5.32 Å². The smallest absolute Gasteiger partial charge is 0.171 e. The summed E-state index contributed by atoms with van der Waals surface area (Å²) < 4.78 is 0. The van der Waals surface area contributed by atoms with Gasteiger partial charge in [-0.05, 0) is 12.8 Å². The van der Waals surface area contributed by atoms with Gasteiger partial charge in [0.05, 0.1) is 6.10 Å². The molecule has 0 bridgehead atoms. The molecule has 0 aromatic carbocycles. The number of aliphatic hydroxyl groups is 1. The van der Waals surface area contributed by atoms with Crippen molar-refractivity contribution in [3.63, 3.8) is 0 Å². The largest absolute Gasteiger partial charge is 0.393 e. The molecule has 0 aliphatic heterocycles. The van der Waals surface area contributed by atoms with Crippen LogP contribution in [-0.2, 0) is 0 Å². The lowest BCUT2D eigenvalue weighted by atomic mass is 10.1. The van der Waals surface area contributed by atoms with E-state index in [1.807, 2.05) is 0 Å². The minimum absolute atomic E-state index is 0.187. The van der Waals surface area contributed by atoms with Gasteiger partial charge in [0, 0.05) is 24.9 Å². The normalized spacial score (nSPS) is 25.5. The third-order valence-corrected chi connectivity index (χ3v) is 3.08. The number of hydrogen-bond donors (Lipinski definition) is 2. The van der Waals surface area contributed by atoms with Crippen molar-refractivity contribution in [2.24, 2.45) is 5.92 Å². The first kappa shape index (κ1) is 10.6. The van der Waals surface area contributed by atoms with Crippen LogP contribution in [0.4, 0.5) is 5.82 Å². The molecule has 2 unspecified atom stereocenters. The second-order valence-corrected chi connectivity index (χ2v) is 4.19. The first-order valence-corrected chi connectivity index (χ1v) is 5.53. The zero-order valence-corrected chi connectivity index (χ0v) is 9.11. The van der Waals surface area contributed by atoms with Gasteiger partial charge in [0.1, 0.15) is 0 Å². The van der Waals surface area contributed by atoms with Gasteiger partial charge < -0.3 is 10.4 Å². The highest BCUT2D eigenvalue weighted by Gasteiger charge is 2.24. The number of nitrogens with one attached hydrogen (secondary N) is 1. The Morgan fingerprint density at radius 1 is 1.40 bits per heavy atom. The Balaban J connectivity index is 1.90. The Morgan fingerprint density at radius 3 is 2.87 bits per heavy atom. The molecule has 82 valence electrons. The van der Waals surface area contributed by atoms with Crippen LogP contribution >= 0.6 is 11.6 Å². The van der Waals surface area contributed by atoms with Crippen molar-refractivity contribution in [1.29, 1.82) is 0 Å². The van der Waals surface area contributed by atoms with Gasteiger partial charge in [-0.25, -0.2) is 9.97 Å². The predicted molar refractivity (Wildman–Crippen MR) is 58.9 cm³/mol. The van der Waals surface area contributed by atoms with Gasteiger partial charge in [-0.2, -0.15) is 0 Å². The molecule has 2 N–H and O–H groups in total. The van der Waals surface area contributed by atoms with E-state index < -0.39 is 0 Å². The van der Waals surface area contributed by atoms with E-state index in [0.29, 0.717) is 23.4 Å². The molecule has 4 nitrogen and oxygen atoms in total. The first-order chi connectivity index (χ1) is 7.27. The van der Waals surface area contributed by atoms with E-state index in [1.165, 1.54) is 0 Å². The summed E-state index contributed by atoms with van der Waals surface area (Å²) in [7, 11) is 0. The third-order valence-electron chi connectivity index (χ3n) is 2.80. The average Bonchev–Trinajstić information content (AvgIpc) is 2.63. The maximum atomic E-state index is 9.63. The fourth-order valence-corrected chi connectivity index (χ4v) is 2.09. The van der Waals surface area contributed by atoms with Gasteiger partial charge >= 0.3 is 0 Å². The Morgan fingerprint density at radius 2 is 2.20 bits per heavy atom. The van der Waals surface area contributed by atoms with Crippen molar-refractivity contribution in [2.75, 3.05) is 11.9 Å².